The number of carbonyl (C=O) groups excluding carboxylic acids is 2. The second kappa shape index (κ2) is 10.5. The summed E-state index contributed by atoms with van der Waals surface area (Å²) in [4.78, 5) is 28.0. The zero-order valence-electron chi connectivity index (χ0n) is 25.5. The molecule has 6 heteroatoms. The van der Waals surface area contributed by atoms with Crippen LogP contribution in [0, 0.1) is 35.0 Å². The summed E-state index contributed by atoms with van der Waals surface area (Å²) in [6, 6.07) is 9.97. The largest absolute Gasteiger partial charge is 0.515 e. The molecule has 4 aliphatic carbocycles. The third-order valence-corrected chi connectivity index (χ3v) is 12.9. The minimum absolute atomic E-state index is 0.0586. The number of piperidine rings is 1. The van der Waals surface area contributed by atoms with Gasteiger partial charge in [0.25, 0.3) is 0 Å². The zero-order chi connectivity index (χ0) is 29.2. The number of nitrogens with zero attached hydrogens (tertiary/aromatic N) is 1. The van der Waals surface area contributed by atoms with E-state index in [1.165, 1.54) is 5.57 Å². The summed E-state index contributed by atoms with van der Waals surface area (Å²) in [5.74, 6) is 2.37. The first kappa shape index (κ1) is 28.2. The zero-order valence-corrected chi connectivity index (χ0v) is 25.5. The van der Waals surface area contributed by atoms with Gasteiger partial charge in [-0.2, -0.15) is 0 Å². The summed E-state index contributed by atoms with van der Waals surface area (Å²) in [5, 5.41) is 9.97. The Balaban J connectivity index is 1.10. The maximum absolute atomic E-state index is 13.4. The molecule has 2 heterocycles. The molecule has 226 valence electrons. The van der Waals surface area contributed by atoms with E-state index in [0.717, 1.165) is 76.2 Å². The molecule has 1 N–H and O–H groups in total. The van der Waals surface area contributed by atoms with Crippen LogP contribution in [0.5, 0.6) is 0 Å². The Labute approximate surface area is 250 Å². The lowest BCUT2D eigenvalue weighted by atomic mass is 9.51. The number of ether oxygens (including phenoxy) is 2. The summed E-state index contributed by atoms with van der Waals surface area (Å²) in [5.41, 5.74) is 4.69. The van der Waals surface area contributed by atoms with Gasteiger partial charge in [0, 0.05) is 24.5 Å². The SMILES string of the molecule is CC1=C2C[C@H]3[C@@H](CC[C@@H]4/C(=C/O)C(=O)CC[C@@]43C)[C@@H]2CC[C@@]2(C1)O[C@@H]1CCCN(C(=O)OCc3ccccc3)[C@H]1[C@H]2C. The number of aliphatic hydroxyl groups is 1. The van der Waals surface area contributed by atoms with Gasteiger partial charge in [0.15, 0.2) is 5.78 Å². The van der Waals surface area contributed by atoms with Crippen LogP contribution in [0.2, 0.25) is 0 Å². The quantitative estimate of drug-likeness (QED) is 0.225. The number of benzene rings is 1. The van der Waals surface area contributed by atoms with E-state index in [9.17, 15) is 14.7 Å². The van der Waals surface area contributed by atoms with Crippen LogP contribution in [-0.4, -0.2) is 46.2 Å². The fourth-order valence-corrected chi connectivity index (χ4v) is 10.8. The van der Waals surface area contributed by atoms with Gasteiger partial charge in [0.2, 0.25) is 0 Å². The van der Waals surface area contributed by atoms with Gasteiger partial charge in [-0.15, -0.1) is 0 Å². The molecule has 9 atom stereocenters. The third-order valence-electron chi connectivity index (χ3n) is 12.9. The van der Waals surface area contributed by atoms with Crippen LogP contribution in [0.25, 0.3) is 0 Å². The van der Waals surface area contributed by atoms with E-state index in [0.29, 0.717) is 36.4 Å². The molecule has 0 bridgehead atoms. The van der Waals surface area contributed by atoms with E-state index in [1.807, 2.05) is 35.2 Å². The molecule has 1 aromatic carbocycles. The average molecular weight is 574 g/mol. The van der Waals surface area contributed by atoms with Gasteiger partial charge < -0.3 is 19.5 Å². The van der Waals surface area contributed by atoms with Crippen LogP contribution in [-0.2, 0) is 20.9 Å². The van der Waals surface area contributed by atoms with Crippen LogP contribution in [0.3, 0.4) is 0 Å². The van der Waals surface area contributed by atoms with Gasteiger partial charge in [0.05, 0.1) is 24.0 Å². The molecule has 1 aromatic rings. The van der Waals surface area contributed by atoms with Crippen LogP contribution in [0.1, 0.15) is 90.5 Å². The molecule has 3 saturated carbocycles. The summed E-state index contributed by atoms with van der Waals surface area (Å²) >= 11 is 0. The number of rotatable bonds is 2. The molecule has 0 aromatic heterocycles. The Bertz CT molecular complexity index is 1300. The van der Waals surface area contributed by atoms with Crippen LogP contribution >= 0.6 is 0 Å². The molecule has 1 amide bonds. The third kappa shape index (κ3) is 4.30. The van der Waals surface area contributed by atoms with Crippen LogP contribution in [0.4, 0.5) is 4.79 Å². The Morgan fingerprint density at radius 2 is 1.98 bits per heavy atom. The fourth-order valence-electron chi connectivity index (χ4n) is 10.8. The Kier molecular flexibility index (Phi) is 7.07. The van der Waals surface area contributed by atoms with Crippen molar-refractivity contribution in [3.05, 3.63) is 58.9 Å². The fraction of sp³-hybridized carbons (Fsp3) is 0.667. The van der Waals surface area contributed by atoms with Crippen molar-refractivity contribution < 1.29 is 24.2 Å². The summed E-state index contributed by atoms with van der Waals surface area (Å²) in [7, 11) is 0. The molecule has 5 fully saturated rings. The van der Waals surface area contributed by atoms with Crippen molar-refractivity contribution in [2.24, 2.45) is 35.0 Å². The maximum Gasteiger partial charge on any atom is 0.410 e. The van der Waals surface area contributed by atoms with Crippen LogP contribution in [0.15, 0.2) is 53.3 Å². The van der Waals surface area contributed by atoms with Crippen molar-refractivity contribution in [3.8, 4) is 0 Å². The normalized spacial score (nSPS) is 42.2. The maximum atomic E-state index is 13.4. The highest BCUT2D eigenvalue weighted by Gasteiger charge is 2.61. The van der Waals surface area contributed by atoms with Gasteiger partial charge in [0.1, 0.15) is 6.61 Å². The van der Waals surface area contributed by atoms with Crippen molar-refractivity contribution in [1.29, 1.82) is 0 Å². The molecule has 0 radical (unpaired) electrons. The minimum Gasteiger partial charge on any atom is -0.515 e. The standard InChI is InChI=1S/C36H47NO5/c1-22-19-36(23(2)33-32(42-36)10-7-17-37(33)34(40)41-21-24-8-5-4-6-9-24)16-13-25-26-11-12-29-28(20-38)31(39)14-15-35(29,3)30(26)18-27(22)25/h4-6,8-9,20,23,25-26,29-30,32-33,38H,7,10-19,21H2,1-3H3/b28-20-/t23-,25+,26+,29-,30+,32-,33+,35+,36+/m1/s1. The van der Waals surface area contributed by atoms with Crippen molar-refractivity contribution >= 4 is 11.9 Å². The molecular weight excluding hydrogens is 526 g/mol. The number of likely N-dealkylation sites (tertiary alicyclic amines) is 1. The molecule has 2 aliphatic heterocycles. The van der Waals surface area contributed by atoms with Crippen LogP contribution < -0.4 is 0 Å². The first-order valence-electron chi connectivity index (χ1n) is 16.5. The average Bonchev–Trinajstić information content (AvgIpc) is 3.47. The molecule has 6 aliphatic rings. The Morgan fingerprint density at radius 1 is 1.17 bits per heavy atom. The first-order valence-corrected chi connectivity index (χ1v) is 16.5. The lowest BCUT2D eigenvalue weighted by molar-refractivity contribution is -0.122. The molecular formula is C36H47NO5. The molecule has 1 spiro atoms. The number of aliphatic hydroxyl groups excluding tert-OH is 1. The monoisotopic (exact) mass is 573 g/mol. The predicted octanol–water partition coefficient (Wildman–Crippen LogP) is 7.54. The molecule has 6 nitrogen and oxygen atoms in total. The van der Waals surface area contributed by atoms with Crippen molar-refractivity contribution in [2.45, 2.75) is 109 Å². The molecule has 42 heavy (non-hydrogen) atoms. The van der Waals surface area contributed by atoms with Crippen molar-refractivity contribution in [1.82, 2.24) is 4.90 Å². The second-order valence-corrected chi connectivity index (χ2v) is 14.6. The van der Waals surface area contributed by atoms with E-state index in [4.69, 9.17) is 9.47 Å². The number of hydrogen-bond donors (Lipinski definition) is 1. The van der Waals surface area contributed by atoms with Gasteiger partial charge in [-0.1, -0.05) is 55.3 Å². The molecule has 0 unspecified atom stereocenters. The van der Waals surface area contributed by atoms with Gasteiger partial charge in [-0.25, -0.2) is 4.79 Å². The van der Waals surface area contributed by atoms with E-state index >= 15 is 0 Å². The smallest absolute Gasteiger partial charge is 0.410 e. The van der Waals surface area contributed by atoms with Gasteiger partial charge >= 0.3 is 6.09 Å². The minimum atomic E-state index is -0.236. The number of hydrogen-bond acceptors (Lipinski definition) is 5. The Hall–Kier alpha value is -2.60. The van der Waals surface area contributed by atoms with Gasteiger partial charge in [-0.05, 0) is 99.4 Å². The highest BCUT2D eigenvalue weighted by molar-refractivity contribution is 5.96. The lowest BCUT2D eigenvalue weighted by Gasteiger charge is -2.52. The van der Waals surface area contributed by atoms with Crippen molar-refractivity contribution in [2.75, 3.05) is 6.54 Å². The van der Waals surface area contributed by atoms with E-state index in [2.05, 4.69) is 20.8 Å². The topological polar surface area (TPSA) is 76.1 Å². The lowest BCUT2D eigenvalue weighted by Crippen LogP contribution is -2.52. The highest BCUT2D eigenvalue weighted by Crippen LogP contribution is 2.65. The predicted molar refractivity (Wildman–Crippen MR) is 161 cm³/mol. The first-order chi connectivity index (χ1) is 20.3. The van der Waals surface area contributed by atoms with E-state index < -0.39 is 0 Å². The van der Waals surface area contributed by atoms with Crippen molar-refractivity contribution in [3.63, 3.8) is 0 Å². The number of allylic oxidation sites excluding steroid dienone is 2. The number of carbonyl (C=O) groups is 2. The number of amides is 1. The second-order valence-electron chi connectivity index (χ2n) is 14.6. The highest BCUT2D eigenvalue weighted by atomic mass is 16.6. The Morgan fingerprint density at radius 3 is 2.76 bits per heavy atom. The summed E-state index contributed by atoms with van der Waals surface area (Å²) < 4.78 is 12.9. The summed E-state index contributed by atoms with van der Waals surface area (Å²) in [6.07, 6.45) is 10.8. The molecule has 2 saturated heterocycles. The van der Waals surface area contributed by atoms with E-state index in [-0.39, 0.29) is 46.9 Å². The summed E-state index contributed by atoms with van der Waals surface area (Å²) in [6.45, 7) is 8.11. The molecule has 7 rings (SSSR count). The number of fused-ring (bicyclic) bond motifs is 6. The van der Waals surface area contributed by atoms with Gasteiger partial charge in [-0.3, -0.25) is 4.79 Å². The van der Waals surface area contributed by atoms with E-state index in [1.54, 1.807) is 5.57 Å². The number of ketones is 1. The number of Topliss-reactive ketones (excluding diaryl/α,β-unsaturated/α-hetero) is 1.